The number of halogens is 3. The van der Waals surface area contributed by atoms with E-state index >= 15 is 0 Å². The van der Waals surface area contributed by atoms with E-state index in [4.69, 9.17) is 0 Å². The molecule has 0 aromatic heterocycles. The molecule has 1 fully saturated rings. The summed E-state index contributed by atoms with van der Waals surface area (Å²) in [7, 11) is 1.82. The van der Waals surface area contributed by atoms with Gasteiger partial charge in [-0.15, -0.1) is 0 Å². The Morgan fingerprint density at radius 3 is 2.57 bits per heavy atom. The van der Waals surface area contributed by atoms with Crippen LogP contribution in [0, 0.1) is 0 Å². The number of anilines is 1. The van der Waals surface area contributed by atoms with Crippen molar-refractivity contribution in [3.63, 3.8) is 0 Å². The minimum Gasteiger partial charge on any atom is -0.370 e. The summed E-state index contributed by atoms with van der Waals surface area (Å²) in [4.78, 5) is 1.88. The number of fused-ring (bicyclic) bond motifs is 3. The lowest BCUT2D eigenvalue weighted by molar-refractivity contribution is -0.137. The van der Waals surface area contributed by atoms with Crippen LogP contribution in [0.15, 0.2) is 12.1 Å². The molecule has 0 bridgehead atoms. The van der Waals surface area contributed by atoms with Crippen molar-refractivity contribution >= 4 is 5.69 Å². The number of alkyl halides is 3. The maximum atomic E-state index is 13.7. The number of nitrogens with zero attached hydrogens (tertiary/aromatic N) is 1. The van der Waals surface area contributed by atoms with Crippen LogP contribution in [-0.4, -0.2) is 26.2 Å². The van der Waals surface area contributed by atoms with Crippen LogP contribution in [-0.2, 0) is 6.18 Å². The van der Waals surface area contributed by atoms with Crippen molar-refractivity contribution in [1.82, 2.24) is 5.32 Å². The topological polar surface area (TPSA) is 15.3 Å². The summed E-state index contributed by atoms with van der Waals surface area (Å²) in [6.07, 6.45) is -1.67. The first-order chi connectivity index (χ1) is 10.9. The van der Waals surface area contributed by atoms with Crippen molar-refractivity contribution < 1.29 is 13.2 Å². The quantitative estimate of drug-likeness (QED) is 0.879. The number of nitrogens with one attached hydrogen (secondary N) is 1. The van der Waals surface area contributed by atoms with Crippen LogP contribution in [0.3, 0.4) is 0 Å². The van der Waals surface area contributed by atoms with Crippen LogP contribution in [0.2, 0.25) is 0 Å². The number of likely N-dealkylation sites (N-methyl/N-ethyl adjacent to an activating group) is 1. The van der Waals surface area contributed by atoms with E-state index in [-0.39, 0.29) is 17.9 Å². The Morgan fingerprint density at radius 2 is 1.96 bits per heavy atom. The SMILES string of the molecule is CCC(CC)c1cc2c(c(C(F)(F)F)c1)N(C)[C@H]1CCNC[C@@H]21. The van der Waals surface area contributed by atoms with Gasteiger partial charge in [0.15, 0.2) is 0 Å². The third kappa shape index (κ3) is 2.73. The van der Waals surface area contributed by atoms with Crippen molar-refractivity contribution in [2.45, 2.75) is 57.2 Å². The first-order valence-corrected chi connectivity index (χ1v) is 8.57. The van der Waals surface area contributed by atoms with Gasteiger partial charge in [0.2, 0.25) is 0 Å². The summed E-state index contributed by atoms with van der Waals surface area (Å²) in [6.45, 7) is 5.74. The lowest BCUT2D eigenvalue weighted by Crippen LogP contribution is -2.42. The molecule has 1 aromatic rings. The van der Waals surface area contributed by atoms with Gasteiger partial charge in [-0.1, -0.05) is 19.9 Å². The van der Waals surface area contributed by atoms with Gasteiger partial charge in [0.05, 0.1) is 11.3 Å². The van der Waals surface area contributed by atoms with Crippen molar-refractivity contribution in [2.75, 3.05) is 25.0 Å². The Hall–Kier alpha value is -1.23. The number of benzene rings is 1. The fraction of sp³-hybridized carbons (Fsp3) is 0.667. The van der Waals surface area contributed by atoms with Crippen LogP contribution in [0.5, 0.6) is 0 Å². The van der Waals surface area contributed by atoms with Gasteiger partial charge in [-0.05, 0) is 48.9 Å². The number of hydrogen-bond acceptors (Lipinski definition) is 2. The molecule has 2 nitrogen and oxygen atoms in total. The highest BCUT2D eigenvalue weighted by atomic mass is 19.4. The molecule has 1 aromatic carbocycles. The molecule has 128 valence electrons. The van der Waals surface area contributed by atoms with Gasteiger partial charge >= 0.3 is 6.18 Å². The summed E-state index contributed by atoms with van der Waals surface area (Å²) in [5.74, 6) is 0.362. The molecule has 2 atom stereocenters. The smallest absolute Gasteiger partial charge is 0.370 e. The normalized spacial score (nSPS) is 24.0. The predicted molar refractivity (Wildman–Crippen MR) is 87.2 cm³/mol. The summed E-state index contributed by atoms with van der Waals surface area (Å²) in [6, 6.07) is 3.64. The molecule has 0 amide bonds. The fourth-order valence-corrected chi connectivity index (χ4v) is 4.36. The summed E-state index contributed by atoms with van der Waals surface area (Å²) in [5.41, 5.74) is 1.70. The third-order valence-corrected chi connectivity index (χ3v) is 5.62. The zero-order valence-corrected chi connectivity index (χ0v) is 14.0. The second kappa shape index (κ2) is 6.00. The highest BCUT2D eigenvalue weighted by Gasteiger charge is 2.45. The molecule has 5 heteroatoms. The molecule has 2 aliphatic rings. The van der Waals surface area contributed by atoms with E-state index in [9.17, 15) is 13.2 Å². The van der Waals surface area contributed by atoms with E-state index in [0.717, 1.165) is 43.5 Å². The first-order valence-electron chi connectivity index (χ1n) is 8.57. The van der Waals surface area contributed by atoms with Gasteiger partial charge in [0.1, 0.15) is 0 Å². The van der Waals surface area contributed by atoms with E-state index in [1.165, 1.54) is 6.07 Å². The molecular formula is C18H25F3N2. The Morgan fingerprint density at radius 1 is 1.26 bits per heavy atom. The molecule has 0 saturated carbocycles. The molecule has 2 aliphatic heterocycles. The minimum absolute atomic E-state index is 0.166. The average Bonchev–Trinajstić information content (AvgIpc) is 2.81. The molecule has 0 radical (unpaired) electrons. The monoisotopic (exact) mass is 326 g/mol. The summed E-state index contributed by atoms with van der Waals surface area (Å²) >= 11 is 0. The van der Waals surface area contributed by atoms with Gasteiger partial charge < -0.3 is 10.2 Å². The fourth-order valence-electron chi connectivity index (χ4n) is 4.36. The first kappa shape index (κ1) is 16.6. The Balaban J connectivity index is 2.17. The van der Waals surface area contributed by atoms with Crippen LogP contribution in [0.4, 0.5) is 18.9 Å². The van der Waals surface area contributed by atoms with Crippen LogP contribution in [0.1, 0.15) is 61.6 Å². The maximum Gasteiger partial charge on any atom is 0.418 e. The lowest BCUT2D eigenvalue weighted by Gasteiger charge is -2.31. The lowest BCUT2D eigenvalue weighted by atomic mass is 9.85. The van der Waals surface area contributed by atoms with Gasteiger partial charge in [0.25, 0.3) is 0 Å². The number of hydrogen-bond donors (Lipinski definition) is 1. The molecule has 0 aliphatic carbocycles. The van der Waals surface area contributed by atoms with Crippen LogP contribution < -0.4 is 10.2 Å². The molecule has 0 unspecified atom stereocenters. The standard InChI is InChI=1S/C18H25F3N2/c1-4-11(5-2)12-8-13-14-10-22-7-6-16(14)23(3)17(13)15(9-12)18(19,20)21/h8-9,11,14,16,22H,4-7,10H2,1-3H3/t14-,16-/m0/s1. The zero-order valence-electron chi connectivity index (χ0n) is 14.0. The second-order valence-corrected chi connectivity index (χ2v) is 6.80. The van der Waals surface area contributed by atoms with E-state index in [0.29, 0.717) is 5.69 Å². The average molecular weight is 326 g/mol. The van der Waals surface area contributed by atoms with E-state index in [1.54, 1.807) is 0 Å². The molecule has 23 heavy (non-hydrogen) atoms. The summed E-state index contributed by atoms with van der Waals surface area (Å²) < 4.78 is 41.1. The highest BCUT2D eigenvalue weighted by Crippen LogP contribution is 2.50. The van der Waals surface area contributed by atoms with Crippen molar-refractivity contribution in [1.29, 1.82) is 0 Å². The van der Waals surface area contributed by atoms with Gasteiger partial charge in [-0.25, -0.2) is 0 Å². The van der Waals surface area contributed by atoms with Crippen molar-refractivity contribution in [2.24, 2.45) is 0 Å². The van der Waals surface area contributed by atoms with E-state index < -0.39 is 11.7 Å². The second-order valence-electron chi connectivity index (χ2n) is 6.80. The minimum atomic E-state index is -4.30. The Bertz CT molecular complexity index is 578. The Labute approximate surface area is 136 Å². The molecule has 1 saturated heterocycles. The molecule has 3 rings (SSSR count). The Kier molecular flexibility index (Phi) is 4.34. The summed E-state index contributed by atoms with van der Waals surface area (Å²) in [5, 5.41) is 3.34. The number of rotatable bonds is 3. The van der Waals surface area contributed by atoms with Gasteiger partial charge in [-0.2, -0.15) is 13.2 Å². The zero-order chi connectivity index (χ0) is 16.8. The third-order valence-electron chi connectivity index (χ3n) is 5.62. The van der Waals surface area contributed by atoms with Crippen molar-refractivity contribution in [3.8, 4) is 0 Å². The predicted octanol–water partition coefficient (Wildman–Crippen LogP) is 4.50. The number of piperidine rings is 1. The highest BCUT2D eigenvalue weighted by molar-refractivity contribution is 5.68. The molecule has 2 heterocycles. The van der Waals surface area contributed by atoms with E-state index in [1.807, 2.05) is 25.8 Å². The van der Waals surface area contributed by atoms with E-state index in [2.05, 4.69) is 11.4 Å². The molecule has 1 N–H and O–H groups in total. The van der Waals surface area contributed by atoms with Gasteiger partial charge in [0, 0.05) is 25.6 Å². The largest absolute Gasteiger partial charge is 0.418 e. The molecular weight excluding hydrogens is 301 g/mol. The van der Waals surface area contributed by atoms with Gasteiger partial charge in [-0.3, -0.25) is 0 Å². The maximum absolute atomic E-state index is 13.7. The molecule has 0 spiro atoms. The van der Waals surface area contributed by atoms with Crippen LogP contribution >= 0.6 is 0 Å². The van der Waals surface area contributed by atoms with Crippen molar-refractivity contribution in [3.05, 3.63) is 28.8 Å². The van der Waals surface area contributed by atoms with Crippen LogP contribution in [0.25, 0.3) is 0 Å².